The van der Waals surface area contributed by atoms with Gasteiger partial charge in [-0.3, -0.25) is 0 Å². The van der Waals surface area contributed by atoms with Gasteiger partial charge in [0, 0.05) is 0 Å². The molecule has 0 aromatic heterocycles. The molecule has 0 aromatic carbocycles. The van der Waals surface area contributed by atoms with Crippen molar-refractivity contribution in [3.8, 4) is 0 Å². The smallest absolute Gasteiger partial charge is 0.116 e. The van der Waals surface area contributed by atoms with Crippen LogP contribution in [-0.2, 0) is 0 Å². The Kier molecular flexibility index (Phi) is 23.5. The summed E-state index contributed by atoms with van der Waals surface area (Å²) in [6, 6.07) is 0. The summed E-state index contributed by atoms with van der Waals surface area (Å²) in [5.74, 6) is -0.406. The Morgan fingerprint density at radius 3 is 1.77 bits per heavy atom. The van der Waals surface area contributed by atoms with E-state index >= 15 is 0 Å². The number of hydrogen-bond donors (Lipinski definition) is 0. The molecule has 0 aliphatic rings. The molecule has 0 saturated carbocycles. The average molecular weight is 184 g/mol. The van der Waals surface area contributed by atoms with E-state index < -0.39 is 5.83 Å². The lowest BCUT2D eigenvalue weighted by Crippen LogP contribution is -1.64. The molecule has 0 aliphatic carbocycles. The molecule has 0 rings (SSSR count). The third-order valence-electron chi connectivity index (χ3n) is 0.982. The van der Waals surface area contributed by atoms with Crippen molar-refractivity contribution in [1.82, 2.24) is 0 Å². The number of allylic oxidation sites excluding steroid dienone is 5. The average Bonchev–Trinajstić information content (AvgIpc) is 2.20. The molecule has 0 saturated heterocycles. The Labute approximate surface area is 82.2 Å². The first-order valence-electron chi connectivity index (χ1n) is 4.32. The summed E-state index contributed by atoms with van der Waals surface area (Å²) in [7, 11) is 0. The fourth-order valence-corrected chi connectivity index (χ4v) is 0.318. The lowest BCUT2D eigenvalue weighted by Gasteiger charge is -1.84. The van der Waals surface area contributed by atoms with Crippen molar-refractivity contribution in [2.75, 3.05) is 0 Å². The maximum absolute atomic E-state index is 11.9. The predicted molar refractivity (Wildman–Crippen MR) is 61.4 cm³/mol. The molecule has 0 atom stereocenters. The third kappa shape index (κ3) is 24.8. The summed E-state index contributed by atoms with van der Waals surface area (Å²) in [6.45, 7) is 16.9. The zero-order chi connectivity index (χ0) is 11.3. The highest BCUT2D eigenvalue weighted by Crippen LogP contribution is 1.98. The van der Waals surface area contributed by atoms with Crippen LogP contribution < -0.4 is 0 Å². The molecule has 0 bridgehead atoms. The van der Waals surface area contributed by atoms with Gasteiger partial charge in [0.05, 0.1) is 0 Å². The van der Waals surface area contributed by atoms with Crippen molar-refractivity contribution >= 4 is 0 Å². The first kappa shape index (κ1) is 17.8. The fourth-order valence-electron chi connectivity index (χ4n) is 0.318. The molecule has 0 aromatic rings. The van der Waals surface area contributed by atoms with E-state index in [0.29, 0.717) is 0 Å². The summed E-state index contributed by atoms with van der Waals surface area (Å²) in [5, 5.41) is 0. The highest BCUT2D eigenvalue weighted by atomic mass is 19.1. The normalized spacial score (nSPS) is 9.46. The Bertz CT molecular complexity index is 164. The standard InChI is InChI=1S/C8H11F.C2H6.C2H4/c1-4-7(2)5-6-8(3)9;2*1-2/h4-6H,3H2,1-2H3;1-2H3;1-2H2/b6-5-,7-4-;;. The molecule has 0 spiro atoms. The predicted octanol–water partition coefficient (Wildman–Crippen LogP) is 4.82. The van der Waals surface area contributed by atoms with Crippen LogP contribution in [0.2, 0.25) is 0 Å². The SMILES string of the molecule is C=C.C=C(F)/C=C\C(C)=C/C.CC. The molecule has 0 radical (unpaired) electrons. The van der Waals surface area contributed by atoms with Gasteiger partial charge < -0.3 is 0 Å². The zero-order valence-electron chi connectivity index (χ0n) is 9.23. The van der Waals surface area contributed by atoms with Crippen LogP contribution in [0.25, 0.3) is 0 Å². The van der Waals surface area contributed by atoms with Crippen molar-refractivity contribution < 1.29 is 4.39 Å². The molecule has 0 nitrogen and oxygen atoms in total. The van der Waals surface area contributed by atoms with E-state index in [1.807, 2.05) is 33.8 Å². The van der Waals surface area contributed by atoms with Crippen molar-refractivity contribution in [2.24, 2.45) is 0 Å². The summed E-state index contributed by atoms with van der Waals surface area (Å²) in [6.07, 6.45) is 4.93. The van der Waals surface area contributed by atoms with Crippen LogP contribution in [0.5, 0.6) is 0 Å². The molecule has 0 unspecified atom stereocenters. The van der Waals surface area contributed by atoms with E-state index in [9.17, 15) is 4.39 Å². The summed E-state index contributed by atoms with van der Waals surface area (Å²) in [4.78, 5) is 0. The highest BCUT2D eigenvalue weighted by Gasteiger charge is 1.78. The van der Waals surface area contributed by atoms with Gasteiger partial charge in [-0.1, -0.05) is 38.2 Å². The molecular weight excluding hydrogens is 163 g/mol. The quantitative estimate of drug-likeness (QED) is 0.426. The summed E-state index contributed by atoms with van der Waals surface area (Å²) < 4.78 is 11.9. The van der Waals surface area contributed by atoms with Gasteiger partial charge >= 0.3 is 0 Å². The van der Waals surface area contributed by atoms with Gasteiger partial charge in [-0.2, -0.15) is 0 Å². The van der Waals surface area contributed by atoms with E-state index in [-0.39, 0.29) is 0 Å². The van der Waals surface area contributed by atoms with Crippen molar-refractivity contribution in [3.63, 3.8) is 0 Å². The van der Waals surface area contributed by atoms with Crippen LogP contribution in [-0.4, -0.2) is 0 Å². The first-order chi connectivity index (χ1) is 6.16. The molecule has 0 fully saturated rings. The first-order valence-corrected chi connectivity index (χ1v) is 4.32. The molecule has 0 N–H and O–H groups in total. The lowest BCUT2D eigenvalue weighted by molar-refractivity contribution is 0.671. The molecule has 13 heavy (non-hydrogen) atoms. The Hall–Kier alpha value is -1.11. The third-order valence-corrected chi connectivity index (χ3v) is 0.982. The van der Waals surface area contributed by atoms with E-state index in [1.165, 1.54) is 6.08 Å². The van der Waals surface area contributed by atoms with Crippen LogP contribution in [0, 0.1) is 0 Å². The van der Waals surface area contributed by atoms with Crippen molar-refractivity contribution in [3.05, 3.63) is 49.4 Å². The molecule has 1 heteroatoms. The zero-order valence-corrected chi connectivity index (χ0v) is 9.23. The second-order valence-corrected chi connectivity index (χ2v) is 1.81. The molecular formula is C12H21F. The van der Waals surface area contributed by atoms with Gasteiger partial charge in [0.1, 0.15) is 5.83 Å². The van der Waals surface area contributed by atoms with Crippen molar-refractivity contribution in [1.29, 1.82) is 0 Å². The minimum absolute atomic E-state index is 0.406. The number of rotatable bonds is 2. The van der Waals surface area contributed by atoms with Gasteiger partial charge in [0.15, 0.2) is 0 Å². The van der Waals surface area contributed by atoms with Crippen LogP contribution in [0.1, 0.15) is 27.7 Å². The van der Waals surface area contributed by atoms with Crippen molar-refractivity contribution in [2.45, 2.75) is 27.7 Å². The fraction of sp³-hybridized carbons (Fsp3) is 0.333. The van der Waals surface area contributed by atoms with Gasteiger partial charge in [-0.15, -0.1) is 13.2 Å². The van der Waals surface area contributed by atoms with Gasteiger partial charge in [-0.25, -0.2) is 4.39 Å². The van der Waals surface area contributed by atoms with Crippen LogP contribution in [0.4, 0.5) is 4.39 Å². The number of hydrogen-bond acceptors (Lipinski definition) is 0. The molecule has 0 heterocycles. The number of halogens is 1. The Balaban J connectivity index is -0.000000218. The van der Waals surface area contributed by atoms with Gasteiger partial charge in [-0.05, 0) is 19.9 Å². The summed E-state index contributed by atoms with van der Waals surface area (Å²) >= 11 is 0. The van der Waals surface area contributed by atoms with Crippen LogP contribution >= 0.6 is 0 Å². The second kappa shape index (κ2) is 17.1. The second-order valence-electron chi connectivity index (χ2n) is 1.81. The minimum Gasteiger partial charge on any atom is -0.208 e. The largest absolute Gasteiger partial charge is 0.208 e. The van der Waals surface area contributed by atoms with Crippen LogP contribution in [0.3, 0.4) is 0 Å². The maximum Gasteiger partial charge on any atom is 0.116 e. The minimum atomic E-state index is -0.406. The van der Waals surface area contributed by atoms with Crippen LogP contribution in [0.15, 0.2) is 49.4 Å². The Morgan fingerprint density at radius 2 is 1.54 bits per heavy atom. The molecule has 0 aliphatic heterocycles. The summed E-state index contributed by atoms with van der Waals surface area (Å²) in [5.41, 5.74) is 1.04. The highest BCUT2D eigenvalue weighted by molar-refractivity contribution is 5.20. The van der Waals surface area contributed by atoms with E-state index in [2.05, 4.69) is 19.7 Å². The molecule has 0 amide bonds. The maximum atomic E-state index is 11.9. The topological polar surface area (TPSA) is 0 Å². The van der Waals surface area contributed by atoms with Gasteiger partial charge in [0.2, 0.25) is 0 Å². The monoisotopic (exact) mass is 184 g/mol. The lowest BCUT2D eigenvalue weighted by atomic mass is 10.2. The molecule has 76 valence electrons. The van der Waals surface area contributed by atoms with Gasteiger partial charge in [0.25, 0.3) is 0 Å². The van der Waals surface area contributed by atoms with E-state index in [1.54, 1.807) is 6.08 Å². The Morgan fingerprint density at radius 1 is 1.15 bits per heavy atom. The van der Waals surface area contributed by atoms with E-state index in [4.69, 9.17) is 0 Å². The van der Waals surface area contributed by atoms with E-state index in [0.717, 1.165) is 5.57 Å².